The minimum Gasteiger partial charge on any atom is -0.466 e. The summed E-state index contributed by atoms with van der Waals surface area (Å²) >= 11 is 12.0. The highest BCUT2D eigenvalue weighted by Crippen LogP contribution is 2.46. The van der Waals surface area contributed by atoms with E-state index in [0.29, 0.717) is 54.9 Å². The molecule has 2 N–H and O–H groups in total. The van der Waals surface area contributed by atoms with Crippen molar-refractivity contribution >= 4 is 35.1 Å². The molecule has 1 saturated heterocycles. The Morgan fingerprint density at radius 1 is 1.17 bits per heavy atom. The van der Waals surface area contributed by atoms with E-state index in [-0.39, 0.29) is 11.9 Å². The molecule has 7 heteroatoms. The highest BCUT2D eigenvalue weighted by atomic mass is 35.5. The molecule has 0 bridgehead atoms. The van der Waals surface area contributed by atoms with Crippen molar-refractivity contribution in [2.45, 2.75) is 64.3 Å². The van der Waals surface area contributed by atoms with E-state index in [4.69, 9.17) is 33.7 Å². The maximum atomic E-state index is 13.0. The van der Waals surface area contributed by atoms with Gasteiger partial charge in [0.1, 0.15) is 0 Å². The van der Waals surface area contributed by atoms with E-state index in [1.165, 1.54) is 19.3 Å². The molecule has 30 heavy (non-hydrogen) atoms. The van der Waals surface area contributed by atoms with Gasteiger partial charge in [0.25, 0.3) is 0 Å². The van der Waals surface area contributed by atoms with Gasteiger partial charge in [0, 0.05) is 13.1 Å². The molecule has 0 spiro atoms. The van der Waals surface area contributed by atoms with Crippen molar-refractivity contribution in [2.24, 2.45) is 17.1 Å². The molecule has 1 saturated carbocycles. The monoisotopic (exact) mass is 454 g/mol. The van der Waals surface area contributed by atoms with Gasteiger partial charge in [0.2, 0.25) is 5.91 Å². The maximum absolute atomic E-state index is 13.0. The summed E-state index contributed by atoms with van der Waals surface area (Å²) in [6, 6.07) is 4.66. The van der Waals surface area contributed by atoms with E-state index >= 15 is 0 Å². The molecule has 2 aliphatic rings. The number of hydrogen-bond donors (Lipinski definition) is 1. The molecule has 0 aromatic heterocycles. The van der Waals surface area contributed by atoms with E-state index in [2.05, 4.69) is 0 Å². The highest BCUT2D eigenvalue weighted by Gasteiger charge is 2.49. The molecule has 2 fully saturated rings. The van der Waals surface area contributed by atoms with Crippen LogP contribution < -0.4 is 5.73 Å². The Kier molecular flexibility index (Phi) is 8.05. The topological polar surface area (TPSA) is 72.6 Å². The lowest BCUT2D eigenvalue weighted by molar-refractivity contribution is -0.166. The largest absolute Gasteiger partial charge is 0.466 e. The van der Waals surface area contributed by atoms with Crippen LogP contribution in [-0.2, 0) is 20.7 Å². The Labute approximate surface area is 189 Å². The predicted octanol–water partition coefficient (Wildman–Crippen LogP) is 4.62. The summed E-state index contributed by atoms with van der Waals surface area (Å²) < 4.78 is 5.49. The number of amides is 1. The summed E-state index contributed by atoms with van der Waals surface area (Å²) in [4.78, 5) is 27.7. The van der Waals surface area contributed by atoms with E-state index < -0.39 is 11.5 Å². The maximum Gasteiger partial charge on any atom is 0.312 e. The van der Waals surface area contributed by atoms with Crippen molar-refractivity contribution in [3.05, 3.63) is 33.8 Å². The van der Waals surface area contributed by atoms with Crippen molar-refractivity contribution < 1.29 is 14.3 Å². The summed E-state index contributed by atoms with van der Waals surface area (Å²) in [7, 11) is 0. The molecule has 1 amide bonds. The quantitative estimate of drug-likeness (QED) is 0.636. The SMILES string of the molecule is CCOC(=O)C1(C2CCCCC2)CCN(C(=O)[C@H](N)Cc2ccc(Cl)c(Cl)c2)CC1. The van der Waals surface area contributed by atoms with Crippen LogP contribution in [0.1, 0.15) is 57.4 Å². The summed E-state index contributed by atoms with van der Waals surface area (Å²) in [5, 5.41) is 0.938. The zero-order chi connectivity index (χ0) is 21.7. The molecule has 3 rings (SSSR count). The standard InChI is InChI=1S/C23H32Cl2N2O3/c1-2-30-22(29)23(17-6-4-3-5-7-17)10-12-27(13-11-23)21(28)20(26)15-16-8-9-18(24)19(25)14-16/h8-9,14,17,20H,2-7,10-13,15,26H2,1H3/t20-/m1/s1. The molecule has 1 aromatic rings. The van der Waals surface area contributed by atoms with Gasteiger partial charge >= 0.3 is 5.97 Å². The first kappa shape index (κ1) is 23.4. The summed E-state index contributed by atoms with van der Waals surface area (Å²) in [5.74, 6) is 0.193. The molecule has 1 atom stereocenters. The molecule has 1 aliphatic carbocycles. The molecular weight excluding hydrogens is 423 g/mol. The Balaban J connectivity index is 1.64. The number of nitrogens with zero attached hydrogens (tertiary/aromatic N) is 1. The first-order valence-corrected chi connectivity index (χ1v) is 11.8. The fourth-order valence-electron chi connectivity index (χ4n) is 5.08. The number of ether oxygens (including phenoxy) is 1. The number of piperidine rings is 1. The van der Waals surface area contributed by atoms with E-state index in [0.717, 1.165) is 18.4 Å². The molecule has 0 unspecified atom stereocenters. The molecular formula is C23H32Cl2N2O3. The van der Waals surface area contributed by atoms with E-state index in [1.54, 1.807) is 12.1 Å². The number of hydrogen-bond acceptors (Lipinski definition) is 4. The van der Waals surface area contributed by atoms with E-state index in [9.17, 15) is 9.59 Å². The van der Waals surface area contributed by atoms with Gasteiger partial charge in [-0.25, -0.2) is 0 Å². The second-order valence-electron chi connectivity index (χ2n) is 8.60. The van der Waals surface area contributed by atoms with Crippen LogP contribution in [0, 0.1) is 11.3 Å². The first-order chi connectivity index (χ1) is 14.4. The average Bonchev–Trinajstić information content (AvgIpc) is 2.76. The van der Waals surface area contributed by atoms with Gasteiger partial charge in [-0.3, -0.25) is 9.59 Å². The van der Waals surface area contributed by atoms with Crippen molar-refractivity contribution in [3.63, 3.8) is 0 Å². The molecule has 166 valence electrons. The van der Waals surface area contributed by atoms with Gasteiger partial charge in [0.05, 0.1) is 28.1 Å². The third-order valence-corrected chi connectivity index (χ3v) is 7.53. The number of esters is 1. The van der Waals surface area contributed by atoms with Gasteiger partial charge in [0.15, 0.2) is 0 Å². The van der Waals surface area contributed by atoms with Crippen LogP contribution in [0.4, 0.5) is 0 Å². The summed E-state index contributed by atoms with van der Waals surface area (Å²) in [5.41, 5.74) is 6.65. The van der Waals surface area contributed by atoms with Crippen molar-refractivity contribution in [2.75, 3.05) is 19.7 Å². The summed E-state index contributed by atoms with van der Waals surface area (Å²) in [6.45, 7) is 3.34. The summed E-state index contributed by atoms with van der Waals surface area (Å²) in [6.07, 6.45) is 7.43. The van der Waals surface area contributed by atoms with Crippen LogP contribution in [0.2, 0.25) is 10.0 Å². The Hall–Kier alpha value is -1.30. The first-order valence-electron chi connectivity index (χ1n) is 11.0. The third kappa shape index (κ3) is 5.12. The molecule has 5 nitrogen and oxygen atoms in total. The number of carbonyl (C=O) groups excluding carboxylic acids is 2. The van der Waals surface area contributed by atoms with Gasteiger partial charge < -0.3 is 15.4 Å². The lowest BCUT2D eigenvalue weighted by Gasteiger charge is -2.46. The molecule has 1 aromatic carbocycles. The second kappa shape index (κ2) is 10.3. The Morgan fingerprint density at radius 2 is 1.83 bits per heavy atom. The molecule has 1 aliphatic heterocycles. The lowest BCUT2D eigenvalue weighted by atomic mass is 9.63. The van der Waals surface area contributed by atoms with Crippen LogP contribution in [0.25, 0.3) is 0 Å². The fraction of sp³-hybridized carbons (Fsp3) is 0.652. The van der Waals surface area contributed by atoms with Gasteiger partial charge in [-0.1, -0.05) is 48.5 Å². The van der Waals surface area contributed by atoms with Crippen LogP contribution in [-0.4, -0.2) is 42.5 Å². The number of likely N-dealkylation sites (tertiary alicyclic amines) is 1. The Bertz CT molecular complexity index is 757. The zero-order valence-electron chi connectivity index (χ0n) is 17.7. The predicted molar refractivity (Wildman–Crippen MR) is 120 cm³/mol. The number of nitrogens with two attached hydrogens (primary N) is 1. The smallest absolute Gasteiger partial charge is 0.312 e. The number of halogens is 2. The highest BCUT2D eigenvalue weighted by molar-refractivity contribution is 6.42. The van der Waals surface area contributed by atoms with Crippen molar-refractivity contribution in [1.82, 2.24) is 4.90 Å². The zero-order valence-corrected chi connectivity index (χ0v) is 19.2. The number of rotatable bonds is 6. The number of benzene rings is 1. The van der Waals surface area contributed by atoms with Crippen LogP contribution in [0.15, 0.2) is 18.2 Å². The minimum atomic E-state index is -0.646. The molecule has 0 radical (unpaired) electrons. The molecule has 1 heterocycles. The lowest BCUT2D eigenvalue weighted by Crippen LogP contribution is -2.54. The second-order valence-corrected chi connectivity index (χ2v) is 9.41. The number of carbonyl (C=O) groups is 2. The van der Waals surface area contributed by atoms with E-state index in [1.807, 2.05) is 17.9 Å². The van der Waals surface area contributed by atoms with Crippen LogP contribution in [0.3, 0.4) is 0 Å². The normalized spacial score (nSPS) is 20.6. The minimum absolute atomic E-state index is 0.0795. The third-order valence-electron chi connectivity index (χ3n) is 6.79. The van der Waals surface area contributed by atoms with Gasteiger partial charge in [-0.15, -0.1) is 0 Å². The van der Waals surface area contributed by atoms with Crippen LogP contribution in [0.5, 0.6) is 0 Å². The fourth-order valence-corrected chi connectivity index (χ4v) is 5.40. The van der Waals surface area contributed by atoms with Gasteiger partial charge in [-0.05, 0) is 62.6 Å². The van der Waals surface area contributed by atoms with Crippen molar-refractivity contribution in [1.29, 1.82) is 0 Å². The van der Waals surface area contributed by atoms with Crippen molar-refractivity contribution in [3.8, 4) is 0 Å². The average molecular weight is 455 g/mol. The van der Waals surface area contributed by atoms with Gasteiger partial charge in [-0.2, -0.15) is 0 Å². The van der Waals surface area contributed by atoms with Crippen LogP contribution >= 0.6 is 23.2 Å². The Morgan fingerprint density at radius 3 is 2.43 bits per heavy atom.